The van der Waals surface area contributed by atoms with Gasteiger partial charge in [0.1, 0.15) is 5.82 Å². The van der Waals surface area contributed by atoms with Gasteiger partial charge in [-0.25, -0.2) is 4.98 Å². The predicted molar refractivity (Wildman–Crippen MR) is 113 cm³/mol. The number of nitrogens with one attached hydrogen (secondary N) is 1. The second-order valence-corrected chi connectivity index (χ2v) is 9.17. The first-order chi connectivity index (χ1) is 13.2. The molecule has 2 aliphatic heterocycles. The Balaban J connectivity index is 1.32. The Morgan fingerprint density at radius 2 is 2.15 bits per heavy atom. The summed E-state index contributed by atoms with van der Waals surface area (Å²) in [6, 6.07) is 4.31. The largest absolute Gasteiger partial charge is 0.356 e. The number of hydrogen-bond donors (Lipinski definition) is 1. The van der Waals surface area contributed by atoms with E-state index in [1.807, 2.05) is 17.5 Å². The third kappa shape index (κ3) is 4.43. The average Bonchev–Trinajstić information content (AvgIpc) is 3.33. The zero-order valence-electron chi connectivity index (χ0n) is 16.2. The van der Waals surface area contributed by atoms with Crippen molar-refractivity contribution in [3.05, 3.63) is 23.2 Å². The molecule has 0 saturated carbocycles. The van der Waals surface area contributed by atoms with E-state index in [9.17, 15) is 4.79 Å². The van der Waals surface area contributed by atoms with E-state index < -0.39 is 0 Å². The van der Waals surface area contributed by atoms with Gasteiger partial charge in [0.25, 0.3) is 0 Å². The van der Waals surface area contributed by atoms with E-state index >= 15 is 0 Å². The highest BCUT2D eigenvalue weighted by Gasteiger charge is 2.27. The van der Waals surface area contributed by atoms with Gasteiger partial charge < -0.3 is 15.1 Å². The van der Waals surface area contributed by atoms with Gasteiger partial charge in [0.15, 0.2) is 0 Å². The third-order valence-electron chi connectivity index (χ3n) is 5.79. The second kappa shape index (κ2) is 8.57. The molecule has 4 heterocycles. The topological polar surface area (TPSA) is 48.5 Å². The van der Waals surface area contributed by atoms with E-state index in [1.165, 1.54) is 40.9 Å². The number of aryl methyl sites for hydroxylation is 1. The number of likely N-dealkylation sites (tertiary alicyclic amines) is 1. The highest BCUT2D eigenvalue weighted by Crippen LogP contribution is 2.33. The molecule has 2 aliphatic rings. The molecule has 1 atom stereocenters. The van der Waals surface area contributed by atoms with Crippen LogP contribution in [0.2, 0.25) is 0 Å². The maximum Gasteiger partial charge on any atom is 0.224 e. The molecule has 0 spiro atoms. The van der Waals surface area contributed by atoms with Crippen LogP contribution < -0.4 is 10.2 Å². The summed E-state index contributed by atoms with van der Waals surface area (Å²) < 4.78 is 1.28. The molecule has 0 radical (unpaired) electrons. The number of piperidine rings is 1. The monoisotopic (exact) mass is 386 g/mol. The Morgan fingerprint density at radius 1 is 1.30 bits per heavy atom. The molecule has 0 unspecified atom stereocenters. The normalized spacial score (nSPS) is 21.1. The maximum atomic E-state index is 12.7. The fourth-order valence-electron chi connectivity index (χ4n) is 4.38. The van der Waals surface area contributed by atoms with Crippen LogP contribution in [-0.2, 0) is 4.79 Å². The Bertz CT molecular complexity index is 784. The Kier molecular flexibility index (Phi) is 5.93. The van der Waals surface area contributed by atoms with Gasteiger partial charge in [-0.05, 0) is 70.8 Å². The quantitative estimate of drug-likeness (QED) is 0.773. The third-order valence-corrected chi connectivity index (χ3v) is 6.80. The number of aromatic nitrogens is 1. The van der Waals surface area contributed by atoms with Crippen LogP contribution in [0.25, 0.3) is 10.1 Å². The van der Waals surface area contributed by atoms with Crippen LogP contribution in [-0.4, -0.2) is 55.1 Å². The van der Waals surface area contributed by atoms with Crippen LogP contribution in [0.15, 0.2) is 18.3 Å². The van der Waals surface area contributed by atoms with Crippen molar-refractivity contribution in [2.75, 3.05) is 44.2 Å². The molecule has 6 heteroatoms. The molecule has 0 aromatic carbocycles. The van der Waals surface area contributed by atoms with Gasteiger partial charge in [0.05, 0.1) is 5.92 Å². The van der Waals surface area contributed by atoms with E-state index in [0.29, 0.717) is 0 Å². The van der Waals surface area contributed by atoms with Crippen molar-refractivity contribution in [1.82, 2.24) is 15.2 Å². The Labute approximate surface area is 165 Å². The highest BCUT2D eigenvalue weighted by molar-refractivity contribution is 7.19. The molecule has 2 fully saturated rings. The molecule has 1 amide bonds. The first kappa shape index (κ1) is 18.7. The first-order valence-corrected chi connectivity index (χ1v) is 11.1. The predicted octanol–water partition coefficient (Wildman–Crippen LogP) is 3.42. The Hall–Kier alpha value is -1.66. The molecule has 1 N–H and O–H groups in total. The molecule has 4 rings (SSSR count). The lowest BCUT2D eigenvalue weighted by atomic mass is 9.97. The summed E-state index contributed by atoms with van der Waals surface area (Å²) in [5.41, 5.74) is 0. The highest BCUT2D eigenvalue weighted by atomic mass is 32.1. The summed E-state index contributed by atoms with van der Waals surface area (Å²) in [5.74, 6) is 1.33. The number of pyridine rings is 1. The summed E-state index contributed by atoms with van der Waals surface area (Å²) in [7, 11) is 0. The van der Waals surface area contributed by atoms with E-state index in [0.717, 1.165) is 51.3 Å². The van der Waals surface area contributed by atoms with Gasteiger partial charge in [-0.3, -0.25) is 4.79 Å². The Morgan fingerprint density at radius 3 is 3.00 bits per heavy atom. The van der Waals surface area contributed by atoms with Crippen LogP contribution in [0.4, 0.5) is 5.82 Å². The van der Waals surface area contributed by atoms with Gasteiger partial charge in [0.2, 0.25) is 5.91 Å². The lowest BCUT2D eigenvalue weighted by molar-refractivity contribution is -0.125. The number of hydrogen-bond acceptors (Lipinski definition) is 5. The minimum absolute atomic E-state index is 0.0716. The van der Waals surface area contributed by atoms with Crippen molar-refractivity contribution < 1.29 is 4.79 Å². The van der Waals surface area contributed by atoms with Crippen molar-refractivity contribution in [3.63, 3.8) is 0 Å². The van der Waals surface area contributed by atoms with Crippen molar-refractivity contribution in [1.29, 1.82) is 0 Å². The average molecular weight is 387 g/mol. The summed E-state index contributed by atoms with van der Waals surface area (Å²) in [4.78, 5) is 23.4. The van der Waals surface area contributed by atoms with E-state index in [-0.39, 0.29) is 11.8 Å². The van der Waals surface area contributed by atoms with Crippen molar-refractivity contribution in [3.8, 4) is 0 Å². The molecular weight excluding hydrogens is 356 g/mol. The fraction of sp³-hybridized carbons (Fsp3) is 0.619. The molecule has 0 bridgehead atoms. The number of carbonyl (C=O) groups is 1. The van der Waals surface area contributed by atoms with Gasteiger partial charge in [-0.2, -0.15) is 0 Å². The van der Waals surface area contributed by atoms with E-state index in [1.54, 1.807) is 0 Å². The summed E-state index contributed by atoms with van der Waals surface area (Å²) >= 11 is 1.81. The SMILES string of the molecule is Cc1cc2c(N3CCC[C@H](C(=O)NCCCN4CCCC4)C3)nccc2s1. The van der Waals surface area contributed by atoms with E-state index in [2.05, 4.69) is 39.2 Å². The lowest BCUT2D eigenvalue weighted by Crippen LogP contribution is -2.43. The number of carbonyl (C=O) groups excluding carboxylic acids is 1. The molecule has 2 aromatic rings. The van der Waals surface area contributed by atoms with Crippen LogP contribution in [0, 0.1) is 12.8 Å². The van der Waals surface area contributed by atoms with Crippen LogP contribution in [0.3, 0.4) is 0 Å². The van der Waals surface area contributed by atoms with Gasteiger partial charge >= 0.3 is 0 Å². The van der Waals surface area contributed by atoms with Gasteiger partial charge in [-0.15, -0.1) is 11.3 Å². The van der Waals surface area contributed by atoms with E-state index in [4.69, 9.17) is 0 Å². The van der Waals surface area contributed by atoms with Crippen molar-refractivity contribution >= 4 is 33.1 Å². The maximum absolute atomic E-state index is 12.7. The smallest absolute Gasteiger partial charge is 0.224 e. The van der Waals surface area contributed by atoms with Crippen LogP contribution >= 0.6 is 11.3 Å². The minimum atomic E-state index is 0.0716. The molecule has 5 nitrogen and oxygen atoms in total. The number of rotatable bonds is 6. The van der Waals surface area contributed by atoms with Crippen molar-refractivity contribution in [2.45, 2.75) is 39.0 Å². The number of thiophene rings is 1. The minimum Gasteiger partial charge on any atom is -0.356 e. The number of nitrogens with zero attached hydrogens (tertiary/aromatic N) is 3. The number of amides is 1. The van der Waals surface area contributed by atoms with Crippen LogP contribution in [0.5, 0.6) is 0 Å². The molecular formula is C21H30N4OS. The molecule has 2 saturated heterocycles. The standard InChI is InChI=1S/C21H30N4OS/c1-16-14-18-19(27-16)7-9-22-20(18)25-13-4-6-17(15-25)21(26)23-8-5-12-24-10-2-3-11-24/h7,9,14,17H,2-6,8,10-13,15H2,1H3,(H,23,26)/t17-/m0/s1. The second-order valence-electron chi connectivity index (χ2n) is 7.88. The van der Waals surface area contributed by atoms with Gasteiger partial charge in [0, 0.05) is 40.8 Å². The van der Waals surface area contributed by atoms with Gasteiger partial charge in [-0.1, -0.05) is 0 Å². The molecule has 146 valence electrons. The van der Waals surface area contributed by atoms with Crippen molar-refractivity contribution in [2.24, 2.45) is 5.92 Å². The summed E-state index contributed by atoms with van der Waals surface area (Å²) in [6.07, 6.45) is 7.64. The summed E-state index contributed by atoms with van der Waals surface area (Å²) in [5, 5.41) is 4.41. The van der Waals surface area contributed by atoms with Crippen LogP contribution in [0.1, 0.15) is 37.0 Å². The first-order valence-electron chi connectivity index (χ1n) is 10.3. The number of anilines is 1. The number of fused-ring (bicyclic) bond motifs is 1. The molecule has 0 aliphatic carbocycles. The fourth-order valence-corrected chi connectivity index (χ4v) is 5.29. The molecule has 2 aromatic heterocycles. The zero-order valence-corrected chi connectivity index (χ0v) is 17.1. The summed E-state index contributed by atoms with van der Waals surface area (Å²) in [6.45, 7) is 8.27. The lowest BCUT2D eigenvalue weighted by Gasteiger charge is -2.33. The zero-order chi connectivity index (χ0) is 18.6. The molecule has 27 heavy (non-hydrogen) atoms.